The molecule has 3 rings (SSSR count). The number of nitrogens with one attached hydrogen (secondary N) is 1. The maximum absolute atomic E-state index is 12.2. The highest BCUT2D eigenvalue weighted by molar-refractivity contribution is 8.01. The third kappa shape index (κ3) is 5.04. The number of carbonyl (C=O) groups is 1. The van der Waals surface area contributed by atoms with Crippen LogP contribution in [0.15, 0.2) is 45.4 Å². The number of aryl methyl sites for hydroxylation is 1. The van der Waals surface area contributed by atoms with Crippen LogP contribution in [0, 0.1) is 6.92 Å². The first-order valence-corrected chi connectivity index (χ1v) is 10.4. The number of hydrogen-bond acceptors (Lipinski definition) is 7. The van der Waals surface area contributed by atoms with E-state index in [2.05, 4.69) is 20.9 Å². The molecule has 1 amide bonds. The van der Waals surface area contributed by atoms with E-state index in [4.69, 9.17) is 0 Å². The lowest BCUT2D eigenvalue weighted by atomic mass is 10.2. The van der Waals surface area contributed by atoms with Crippen LogP contribution in [0.4, 0.5) is 10.8 Å². The van der Waals surface area contributed by atoms with E-state index < -0.39 is 0 Å². The van der Waals surface area contributed by atoms with E-state index in [1.165, 1.54) is 23.1 Å². The van der Waals surface area contributed by atoms with Gasteiger partial charge >= 0.3 is 0 Å². The predicted octanol–water partition coefficient (Wildman–Crippen LogP) is 4.40. The van der Waals surface area contributed by atoms with Crippen molar-refractivity contribution < 1.29 is 4.79 Å². The lowest BCUT2D eigenvalue weighted by Crippen LogP contribution is -2.27. The van der Waals surface area contributed by atoms with E-state index in [9.17, 15) is 4.79 Å². The van der Waals surface area contributed by atoms with Crippen molar-refractivity contribution in [3.63, 3.8) is 0 Å². The molecule has 1 aromatic carbocycles. The zero-order valence-corrected chi connectivity index (χ0v) is 16.4. The Morgan fingerprint density at radius 2 is 2.12 bits per heavy atom. The minimum atomic E-state index is 0.0832. The summed E-state index contributed by atoms with van der Waals surface area (Å²) in [6, 6.07) is 10.1. The fourth-order valence-corrected chi connectivity index (χ4v) is 4.49. The van der Waals surface area contributed by atoms with Crippen molar-refractivity contribution in [1.29, 1.82) is 0 Å². The lowest BCUT2D eigenvalue weighted by molar-refractivity contribution is -0.127. The maximum atomic E-state index is 12.2. The summed E-state index contributed by atoms with van der Waals surface area (Å²) < 4.78 is 0.786. The molecule has 0 atom stereocenters. The molecule has 1 N–H and O–H groups in total. The predicted molar refractivity (Wildman–Crippen MR) is 106 cm³/mol. The van der Waals surface area contributed by atoms with Crippen LogP contribution >= 0.6 is 34.4 Å². The summed E-state index contributed by atoms with van der Waals surface area (Å²) in [7, 11) is 1.83. The molecule has 0 radical (unpaired) electrons. The largest absolute Gasteiger partial charge is 0.341 e. The highest BCUT2D eigenvalue weighted by Gasteiger charge is 2.13. The monoisotopic (exact) mass is 390 g/mol. The standard InChI is InChI=1S/C17H18N4OS3/c1-12-5-3-4-6-14(12)18-16-19-20-17(25-16)24-11-15(22)21(2)9-13-7-8-23-10-13/h3-8,10H,9,11H2,1-2H3,(H,18,19). The van der Waals surface area contributed by atoms with Gasteiger partial charge in [0.2, 0.25) is 11.0 Å². The van der Waals surface area contributed by atoms with E-state index in [1.54, 1.807) is 16.2 Å². The molecule has 8 heteroatoms. The van der Waals surface area contributed by atoms with Gasteiger partial charge in [-0.2, -0.15) is 11.3 Å². The Kier molecular flexibility index (Phi) is 6.06. The van der Waals surface area contributed by atoms with Crippen LogP contribution in [0.2, 0.25) is 0 Å². The third-order valence-electron chi connectivity index (χ3n) is 3.54. The van der Waals surface area contributed by atoms with Crippen LogP contribution in [0.25, 0.3) is 0 Å². The van der Waals surface area contributed by atoms with Crippen molar-refractivity contribution in [2.24, 2.45) is 0 Å². The first kappa shape index (κ1) is 17.9. The number of rotatable bonds is 7. The van der Waals surface area contributed by atoms with E-state index in [0.717, 1.165) is 26.3 Å². The van der Waals surface area contributed by atoms with Gasteiger partial charge in [0.1, 0.15) is 0 Å². The molecule has 2 heterocycles. The molecule has 0 saturated heterocycles. The third-order valence-corrected chi connectivity index (χ3v) is 6.23. The van der Waals surface area contributed by atoms with Gasteiger partial charge in [-0.3, -0.25) is 4.79 Å². The van der Waals surface area contributed by atoms with Crippen molar-refractivity contribution >= 4 is 51.2 Å². The highest BCUT2D eigenvalue weighted by atomic mass is 32.2. The smallest absolute Gasteiger partial charge is 0.233 e. The summed E-state index contributed by atoms with van der Waals surface area (Å²) in [6.45, 7) is 2.68. The average Bonchev–Trinajstić information content (AvgIpc) is 3.26. The molecule has 0 aliphatic rings. The Bertz CT molecular complexity index is 832. The van der Waals surface area contributed by atoms with Gasteiger partial charge in [0.15, 0.2) is 4.34 Å². The number of nitrogens with zero attached hydrogens (tertiary/aromatic N) is 3. The number of aromatic nitrogens is 2. The van der Waals surface area contributed by atoms with Gasteiger partial charge in [-0.1, -0.05) is 41.3 Å². The fraction of sp³-hybridized carbons (Fsp3) is 0.235. The summed E-state index contributed by atoms with van der Waals surface area (Å²) >= 11 is 4.52. The summed E-state index contributed by atoms with van der Waals surface area (Å²) in [5, 5.41) is 16.4. The van der Waals surface area contributed by atoms with E-state index in [0.29, 0.717) is 12.3 Å². The molecule has 2 aromatic heterocycles. The van der Waals surface area contributed by atoms with Crippen molar-refractivity contribution in [3.05, 3.63) is 52.2 Å². The summed E-state index contributed by atoms with van der Waals surface area (Å²) in [4.78, 5) is 14.0. The molecule has 0 aliphatic carbocycles. The van der Waals surface area contributed by atoms with Gasteiger partial charge in [-0.05, 0) is 40.9 Å². The lowest BCUT2D eigenvalue weighted by Gasteiger charge is -2.15. The van der Waals surface area contributed by atoms with Gasteiger partial charge < -0.3 is 10.2 Å². The van der Waals surface area contributed by atoms with Crippen LogP contribution < -0.4 is 5.32 Å². The molecule has 5 nitrogen and oxygen atoms in total. The number of para-hydroxylation sites is 1. The van der Waals surface area contributed by atoms with Crippen LogP contribution in [-0.4, -0.2) is 33.8 Å². The molecule has 0 unspecified atom stereocenters. The normalized spacial score (nSPS) is 10.6. The zero-order valence-electron chi connectivity index (χ0n) is 13.9. The molecule has 0 saturated carbocycles. The van der Waals surface area contributed by atoms with Gasteiger partial charge in [0.05, 0.1) is 5.75 Å². The number of anilines is 2. The second-order valence-electron chi connectivity index (χ2n) is 5.48. The Hall–Kier alpha value is -1.90. The Labute approximate surface area is 159 Å². The van der Waals surface area contributed by atoms with Crippen LogP contribution in [0.1, 0.15) is 11.1 Å². The number of carbonyl (C=O) groups excluding carboxylic acids is 1. The van der Waals surface area contributed by atoms with E-state index in [-0.39, 0.29) is 5.91 Å². The fourth-order valence-electron chi connectivity index (χ4n) is 2.13. The first-order valence-electron chi connectivity index (χ1n) is 7.66. The SMILES string of the molecule is Cc1ccccc1Nc1nnc(SCC(=O)N(C)Cc2ccsc2)s1. The van der Waals surface area contributed by atoms with Crippen molar-refractivity contribution in [2.75, 3.05) is 18.1 Å². The number of benzene rings is 1. The molecular weight excluding hydrogens is 372 g/mol. The summed E-state index contributed by atoms with van der Waals surface area (Å²) in [6.07, 6.45) is 0. The Morgan fingerprint density at radius 3 is 2.88 bits per heavy atom. The second kappa shape index (κ2) is 8.46. The first-order chi connectivity index (χ1) is 12.1. The molecular formula is C17H18N4OS3. The number of thioether (sulfide) groups is 1. The number of hydrogen-bond donors (Lipinski definition) is 1. The van der Waals surface area contributed by atoms with Crippen molar-refractivity contribution in [3.8, 4) is 0 Å². The van der Waals surface area contributed by atoms with Gasteiger partial charge in [-0.15, -0.1) is 10.2 Å². The zero-order chi connectivity index (χ0) is 17.6. The number of thiophene rings is 1. The quantitative estimate of drug-likeness (QED) is 0.606. The van der Waals surface area contributed by atoms with Crippen LogP contribution in [0.3, 0.4) is 0 Å². The molecule has 0 bridgehead atoms. The summed E-state index contributed by atoms with van der Waals surface area (Å²) in [5.41, 5.74) is 3.32. The second-order valence-corrected chi connectivity index (χ2v) is 8.46. The van der Waals surface area contributed by atoms with Crippen LogP contribution in [0.5, 0.6) is 0 Å². The molecule has 0 spiro atoms. The van der Waals surface area contributed by atoms with Gasteiger partial charge in [0.25, 0.3) is 0 Å². The minimum absolute atomic E-state index is 0.0832. The van der Waals surface area contributed by atoms with Crippen LogP contribution in [-0.2, 0) is 11.3 Å². The highest BCUT2D eigenvalue weighted by Crippen LogP contribution is 2.28. The Balaban J connectivity index is 1.51. The topological polar surface area (TPSA) is 58.1 Å². The van der Waals surface area contributed by atoms with Gasteiger partial charge in [0, 0.05) is 19.3 Å². The number of amides is 1. The van der Waals surface area contributed by atoms with Crippen molar-refractivity contribution in [2.45, 2.75) is 17.8 Å². The summed E-state index contributed by atoms with van der Waals surface area (Å²) in [5.74, 6) is 0.444. The molecule has 130 valence electrons. The molecule has 3 aromatic rings. The van der Waals surface area contributed by atoms with E-state index >= 15 is 0 Å². The van der Waals surface area contributed by atoms with Gasteiger partial charge in [-0.25, -0.2) is 0 Å². The molecule has 25 heavy (non-hydrogen) atoms. The van der Waals surface area contributed by atoms with E-state index in [1.807, 2.05) is 49.7 Å². The maximum Gasteiger partial charge on any atom is 0.233 e. The van der Waals surface area contributed by atoms with Crippen molar-refractivity contribution in [1.82, 2.24) is 15.1 Å². The average molecular weight is 391 g/mol. The Morgan fingerprint density at radius 1 is 1.28 bits per heavy atom. The molecule has 0 fully saturated rings. The minimum Gasteiger partial charge on any atom is -0.341 e. The molecule has 0 aliphatic heterocycles.